The van der Waals surface area contributed by atoms with E-state index >= 15 is 0 Å². The van der Waals surface area contributed by atoms with Crippen LogP contribution in [-0.4, -0.2) is 36.3 Å². The molecule has 0 saturated heterocycles. The van der Waals surface area contributed by atoms with Crippen LogP contribution in [0, 0.1) is 0 Å². The van der Waals surface area contributed by atoms with Crippen LogP contribution in [-0.2, 0) is 11.2 Å². The van der Waals surface area contributed by atoms with Crippen molar-refractivity contribution in [2.75, 3.05) is 6.54 Å². The van der Waals surface area contributed by atoms with Gasteiger partial charge in [0, 0.05) is 12.6 Å². The number of aliphatic hydroxyl groups excluding tert-OH is 1. The lowest BCUT2D eigenvalue weighted by Gasteiger charge is -2.15. The molecule has 0 aliphatic carbocycles. The molecule has 0 saturated carbocycles. The van der Waals surface area contributed by atoms with Gasteiger partial charge < -0.3 is 20.9 Å². The maximum absolute atomic E-state index is 12.0. The van der Waals surface area contributed by atoms with Gasteiger partial charge >= 0.3 is 6.61 Å². The maximum atomic E-state index is 12.0. The quantitative estimate of drug-likeness (QED) is 0.636. The van der Waals surface area contributed by atoms with Crippen LogP contribution in [0.15, 0.2) is 24.3 Å². The van der Waals surface area contributed by atoms with Crippen molar-refractivity contribution in [3.8, 4) is 5.75 Å². The van der Waals surface area contributed by atoms with Gasteiger partial charge in [-0.3, -0.25) is 4.79 Å². The van der Waals surface area contributed by atoms with Crippen LogP contribution in [0.4, 0.5) is 8.78 Å². The number of benzene rings is 1. The molecule has 7 heteroatoms. The minimum Gasteiger partial charge on any atom is -0.435 e. The van der Waals surface area contributed by atoms with Crippen molar-refractivity contribution < 1.29 is 23.4 Å². The summed E-state index contributed by atoms with van der Waals surface area (Å²) in [6.07, 6.45) is 0.300. The summed E-state index contributed by atoms with van der Waals surface area (Å²) in [4.78, 5) is 10.7. The number of hydrogen-bond acceptors (Lipinski definition) is 4. The maximum Gasteiger partial charge on any atom is 0.387 e. The monoisotopic (exact) mass is 302 g/mol. The first kappa shape index (κ1) is 17.3. The summed E-state index contributed by atoms with van der Waals surface area (Å²) >= 11 is 0. The molecule has 1 amide bonds. The lowest BCUT2D eigenvalue weighted by atomic mass is 10.1. The molecule has 0 fully saturated rings. The molecule has 0 aromatic heterocycles. The van der Waals surface area contributed by atoms with Gasteiger partial charge in [-0.2, -0.15) is 8.78 Å². The lowest BCUT2D eigenvalue weighted by Crippen LogP contribution is -2.40. The van der Waals surface area contributed by atoms with E-state index in [4.69, 9.17) is 5.73 Å². The van der Waals surface area contributed by atoms with E-state index in [1.54, 1.807) is 12.1 Å². The highest BCUT2D eigenvalue weighted by molar-refractivity contribution is 5.78. The summed E-state index contributed by atoms with van der Waals surface area (Å²) in [7, 11) is 0. The van der Waals surface area contributed by atoms with E-state index in [0.29, 0.717) is 0 Å². The minimum absolute atomic E-state index is 0.0796. The number of hydrogen-bond donors (Lipinski definition) is 3. The Morgan fingerprint density at radius 2 is 2.00 bits per heavy atom. The number of halogens is 2. The molecule has 21 heavy (non-hydrogen) atoms. The second kappa shape index (κ2) is 8.53. The molecule has 1 aromatic rings. The van der Waals surface area contributed by atoms with Crippen LogP contribution in [0.1, 0.15) is 18.9 Å². The summed E-state index contributed by atoms with van der Waals surface area (Å²) < 4.78 is 28.3. The Hall–Kier alpha value is -1.73. The molecular weight excluding hydrogens is 282 g/mol. The Labute approximate surface area is 122 Å². The number of amides is 1. The van der Waals surface area contributed by atoms with Gasteiger partial charge in [0.05, 0.1) is 0 Å². The fourth-order valence-corrected chi connectivity index (χ4v) is 1.74. The number of primary amides is 1. The normalized spacial score (nSPS) is 14.0. The van der Waals surface area contributed by atoms with Crippen molar-refractivity contribution in [2.45, 2.75) is 38.5 Å². The summed E-state index contributed by atoms with van der Waals surface area (Å²) in [5.74, 6) is -0.631. The Morgan fingerprint density at radius 1 is 1.38 bits per heavy atom. The van der Waals surface area contributed by atoms with Gasteiger partial charge in [0.25, 0.3) is 0 Å². The first-order valence-electron chi connectivity index (χ1n) is 6.63. The fourth-order valence-electron chi connectivity index (χ4n) is 1.74. The molecule has 5 nitrogen and oxygen atoms in total. The molecule has 1 aromatic carbocycles. The van der Waals surface area contributed by atoms with Crippen molar-refractivity contribution in [2.24, 2.45) is 5.73 Å². The molecule has 0 aliphatic rings. The SMILES string of the molecule is CC(CCc1ccc(OC(F)F)cc1)NCC(O)C(N)=O. The van der Waals surface area contributed by atoms with Crippen molar-refractivity contribution in [1.82, 2.24) is 5.32 Å². The topological polar surface area (TPSA) is 84.6 Å². The summed E-state index contributed by atoms with van der Waals surface area (Å²) in [5.41, 5.74) is 5.93. The van der Waals surface area contributed by atoms with Crippen LogP contribution < -0.4 is 15.8 Å². The van der Waals surface area contributed by atoms with Crippen molar-refractivity contribution in [1.29, 1.82) is 0 Å². The van der Waals surface area contributed by atoms with Gasteiger partial charge in [-0.15, -0.1) is 0 Å². The molecule has 0 heterocycles. The van der Waals surface area contributed by atoms with E-state index < -0.39 is 18.6 Å². The van der Waals surface area contributed by atoms with E-state index in [-0.39, 0.29) is 18.3 Å². The average Bonchev–Trinajstić information content (AvgIpc) is 2.43. The summed E-state index contributed by atoms with van der Waals surface area (Å²) in [6.45, 7) is -0.795. The Balaban J connectivity index is 2.32. The predicted molar refractivity (Wildman–Crippen MR) is 74.1 cm³/mol. The van der Waals surface area contributed by atoms with Crippen molar-refractivity contribution in [3.63, 3.8) is 0 Å². The van der Waals surface area contributed by atoms with E-state index in [9.17, 15) is 18.7 Å². The average molecular weight is 302 g/mol. The Kier molecular flexibility index (Phi) is 7.04. The van der Waals surface area contributed by atoms with Crippen LogP contribution >= 0.6 is 0 Å². The number of nitrogens with one attached hydrogen (secondary N) is 1. The van der Waals surface area contributed by atoms with Crippen LogP contribution in [0.25, 0.3) is 0 Å². The summed E-state index contributed by atoms with van der Waals surface area (Å²) in [6, 6.07) is 6.52. The van der Waals surface area contributed by atoms with Gasteiger partial charge in [0.2, 0.25) is 5.91 Å². The zero-order chi connectivity index (χ0) is 15.8. The molecule has 4 N–H and O–H groups in total. The van der Waals surface area contributed by atoms with Gasteiger partial charge in [-0.05, 0) is 37.5 Å². The highest BCUT2D eigenvalue weighted by atomic mass is 19.3. The first-order valence-corrected chi connectivity index (χ1v) is 6.63. The van der Waals surface area contributed by atoms with Crippen LogP contribution in [0.5, 0.6) is 5.75 Å². The number of carbonyl (C=O) groups is 1. The Bertz CT molecular complexity index is 440. The van der Waals surface area contributed by atoms with E-state index in [1.165, 1.54) is 12.1 Å². The second-order valence-corrected chi connectivity index (χ2v) is 4.79. The molecular formula is C14H20F2N2O3. The minimum atomic E-state index is -2.82. The number of ether oxygens (including phenoxy) is 1. The number of nitrogens with two attached hydrogens (primary N) is 1. The number of aliphatic hydroxyl groups is 1. The number of aryl methyl sites for hydroxylation is 1. The predicted octanol–water partition coefficient (Wildman–Crippen LogP) is 1.04. The smallest absolute Gasteiger partial charge is 0.387 e. The standard InChI is InChI=1S/C14H20F2N2O3/c1-9(18-8-12(19)13(17)20)2-3-10-4-6-11(7-5-10)21-14(15)16/h4-7,9,12,14,18-19H,2-3,8H2,1H3,(H2,17,20). The third-order valence-electron chi connectivity index (χ3n) is 3.00. The zero-order valence-electron chi connectivity index (χ0n) is 11.8. The number of carbonyl (C=O) groups excluding carboxylic acids is 1. The van der Waals surface area contributed by atoms with Crippen molar-refractivity contribution >= 4 is 5.91 Å². The number of rotatable bonds is 9. The van der Waals surface area contributed by atoms with Crippen molar-refractivity contribution in [3.05, 3.63) is 29.8 Å². The van der Waals surface area contributed by atoms with E-state index in [1.807, 2.05) is 6.92 Å². The van der Waals surface area contributed by atoms with Gasteiger partial charge in [0.15, 0.2) is 0 Å². The molecule has 0 aliphatic heterocycles. The molecule has 1 rings (SSSR count). The fraction of sp³-hybridized carbons (Fsp3) is 0.500. The highest BCUT2D eigenvalue weighted by Crippen LogP contribution is 2.16. The molecule has 0 bridgehead atoms. The van der Waals surface area contributed by atoms with Crippen LogP contribution in [0.2, 0.25) is 0 Å². The van der Waals surface area contributed by atoms with Crippen LogP contribution in [0.3, 0.4) is 0 Å². The number of alkyl halides is 2. The first-order chi connectivity index (χ1) is 9.88. The lowest BCUT2D eigenvalue weighted by molar-refractivity contribution is -0.125. The third-order valence-corrected chi connectivity index (χ3v) is 3.00. The highest BCUT2D eigenvalue weighted by Gasteiger charge is 2.12. The largest absolute Gasteiger partial charge is 0.435 e. The van der Waals surface area contributed by atoms with Gasteiger partial charge in [0.1, 0.15) is 11.9 Å². The van der Waals surface area contributed by atoms with E-state index in [0.717, 1.165) is 18.4 Å². The Morgan fingerprint density at radius 3 is 2.52 bits per heavy atom. The second-order valence-electron chi connectivity index (χ2n) is 4.79. The molecule has 2 unspecified atom stereocenters. The van der Waals surface area contributed by atoms with Gasteiger partial charge in [-0.25, -0.2) is 0 Å². The third kappa shape index (κ3) is 7.01. The summed E-state index contributed by atoms with van der Waals surface area (Å²) in [5, 5.41) is 12.2. The molecule has 118 valence electrons. The molecule has 0 radical (unpaired) electrons. The zero-order valence-corrected chi connectivity index (χ0v) is 11.8. The van der Waals surface area contributed by atoms with Gasteiger partial charge in [-0.1, -0.05) is 12.1 Å². The molecule has 0 spiro atoms. The van der Waals surface area contributed by atoms with E-state index in [2.05, 4.69) is 10.1 Å². The molecule has 2 atom stereocenters.